The minimum Gasteiger partial charge on any atom is -0.490 e. The average molecular weight is 517 g/mol. The van der Waals surface area contributed by atoms with Gasteiger partial charge in [0, 0.05) is 11.1 Å². The van der Waals surface area contributed by atoms with Crippen molar-refractivity contribution in [3.8, 4) is 23.0 Å². The molecule has 0 bridgehead atoms. The van der Waals surface area contributed by atoms with Gasteiger partial charge in [-0.15, -0.1) is 0 Å². The van der Waals surface area contributed by atoms with E-state index in [2.05, 4.69) is 0 Å². The third-order valence-electron chi connectivity index (χ3n) is 7.66. The Morgan fingerprint density at radius 1 is 0.658 bits per heavy atom. The van der Waals surface area contributed by atoms with Crippen molar-refractivity contribution in [3.63, 3.8) is 0 Å². The van der Waals surface area contributed by atoms with E-state index in [0.717, 1.165) is 83.8 Å². The van der Waals surface area contributed by atoms with E-state index in [1.165, 1.54) is 25.7 Å². The number of hydrogen-bond donors (Lipinski definition) is 0. The van der Waals surface area contributed by atoms with Crippen LogP contribution in [0.2, 0.25) is 0 Å². The molecule has 3 saturated carbocycles. The summed E-state index contributed by atoms with van der Waals surface area (Å²) >= 11 is 0. The molecule has 0 heterocycles. The van der Waals surface area contributed by atoms with Crippen molar-refractivity contribution in [1.82, 2.24) is 0 Å². The van der Waals surface area contributed by atoms with Crippen LogP contribution in [0.1, 0.15) is 89.2 Å². The fourth-order valence-corrected chi connectivity index (χ4v) is 5.71. The van der Waals surface area contributed by atoms with Crippen molar-refractivity contribution in [2.75, 3.05) is 13.2 Å². The minimum absolute atomic E-state index is 0.110. The molecule has 202 valence electrons. The van der Waals surface area contributed by atoms with Gasteiger partial charge in [-0.2, -0.15) is 0 Å². The molecule has 0 N–H and O–H groups in total. The Hall–Kier alpha value is -3.21. The number of Topliss-reactive ketones (excluding diaryl/α,β-unsaturated/α-hetero) is 1. The lowest BCUT2D eigenvalue weighted by Crippen LogP contribution is -2.12. The molecule has 0 amide bonds. The van der Waals surface area contributed by atoms with Gasteiger partial charge in [0.15, 0.2) is 28.8 Å². The van der Waals surface area contributed by atoms with Crippen LogP contribution in [0, 0.1) is 0 Å². The van der Waals surface area contributed by atoms with Crippen LogP contribution in [0.15, 0.2) is 47.5 Å². The molecule has 3 aliphatic carbocycles. The van der Waals surface area contributed by atoms with Gasteiger partial charge in [0.25, 0.3) is 0 Å². The second kappa shape index (κ2) is 12.6. The summed E-state index contributed by atoms with van der Waals surface area (Å²) in [6, 6.07) is 12.0. The molecule has 3 fully saturated rings. The van der Waals surface area contributed by atoms with E-state index < -0.39 is 0 Å². The molecule has 0 spiro atoms. The maximum Gasteiger partial charge on any atom is 0.185 e. The van der Waals surface area contributed by atoms with Gasteiger partial charge >= 0.3 is 0 Å². The van der Waals surface area contributed by atoms with Gasteiger partial charge in [0.1, 0.15) is 0 Å². The SMILES string of the molecule is CCOc1cc(/C=C2/CC/C(=C\c3ccc(OC4CCCC4)c(OCC)c3)C2=O)ccc1OC1CCCC1. The predicted octanol–water partition coefficient (Wildman–Crippen LogP) is 7.96. The Labute approximate surface area is 226 Å². The number of rotatable bonds is 10. The van der Waals surface area contributed by atoms with Gasteiger partial charge in [-0.05, 0) is 126 Å². The molecule has 5 rings (SSSR count). The summed E-state index contributed by atoms with van der Waals surface area (Å²) in [6.45, 7) is 5.10. The molecule has 0 unspecified atom stereocenters. The van der Waals surface area contributed by atoms with Crippen molar-refractivity contribution in [3.05, 3.63) is 58.7 Å². The van der Waals surface area contributed by atoms with Gasteiger partial charge in [0.05, 0.1) is 25.4 Å². The molecule has 5 heteroatoms. The number of ketones is 1. The Kier molecular flexibility index (Phi) is 8.72. The Balaban J connectivity index is 1.31. The third-order valence-corrected chi connectivity index (χ3v) is 7.66. The molecule has 2 aromatic carbocycles. The first-order valence-corrected chi connectivity index (χ1v) is 14.5. The minimum atomic E-state index is 0.110. The molecule has 2 aromatic rings. The average Bonchev–Trinajstić information content (AvgIpc) is 3.68. The Bertz CT molecular complexity index is 1090. The summed E-state index contributed by atoms with van der Waals surface area (Å²) in [5.74, 6) is 3.20. The van der Waals surface area contributed by atoms with E-state index in [1.807, 2.05) is 62.4 Å². The van der Waals surface area contributed by atoms with E-state index in [1.54, 1.807) is 0 Å². The van der Waals surface area contributed by atoms with Crippen LogP contribution in [-0.4, -0.2) is 31.2 Å². The molecular formula is C33H40O5. The summed E-state index contributed by atoms with van der Waals surface area (Å²) < 4.78 is 24.2. The molecule has 0 aromatic heterocycles. The Morgan fingerprint density at radius 2 is 1.08 bits per heavy atom. The highest BCUT2D eigenvalue weighted by molar-refractivity contribution is 6.15. The van der Waals surface area contributed by atoms with Gasteiger partial charge in [0.2, 0.25) is 0 Å². The lowest BCUT2D eigenvalue weighted by Gasteiger charge is -2.17. The summed E-state index contributed by atoms with van der Waals surface area (Å²) in [4.78, 5) is 13.3. The molecule has 0 atom stereocenters. The van der Waals surface area contributed by atoms with E-state index in [4.69, 9.17) is 18.9 Å². The zero-order valence-corrected chi connectivity index (χ0v) is 22.8. The normalized spacial score (nSPS) is 20.5. The first kappa shape index (κ1) is 26.4. The number of allylic oxidation sites excluding steroid dienone is 2. The topological polar surface area (TPSA) is 54.0 Å². The van der Waals surface area contributed by atoms with Gasteiger partial charge in [-0.3, -0.25) is 4.79 Å². The molecule has 5 nitrogen and oxygen atoms in total. The molecule has 0 saturated heterocycles. The maximum atomic E-state index is 13.3. The highest BCUT2D eigenvalue weighted by Crippen LogP contribution is 2.37. The number of carbonyl (C=O) groups excluding carboxylic acids is 1. The zero-order valence-electron chi connectivity index (χ0n) is 22.8. The molecule has 38 heavy (non-hydrogen) atoms. The quantitative estimate of drug-likeness (QED) is 0.300. The third kappa shape index (κ3) is 6.43. The van der Waals surface area contributed by atoms with Gasteiger partial charge in [-0.1, -0.05) is 12.1 Å². The molecule has 3 aliphatic rings. The van der Waals surface area contributed by atoms with Crippen LogP contribution in [0.4, 0.5) is 0 Å². The van der Waals surface area contributed by atoms with Gasteiger partial charge < -0.3 is 18.9 Å². The number of benzene rings is 2. The highest BCUT2D eigenvalue weighted by atomic mass is 16.5. The smallest absolute Gasteiger partial charge is 0.185 e. The fraction of sp³-hybridized carbons (Fsp3) is 0.485. The molecule has 0 aliphatic heterocycles. The van der Waals surface area contributed by atoms with Crippen molar-refractivity contribution in [2.24, 2.45) is 0 Å². The van der Waals surface area contributed by atoms with Crippen LogP contribution >= 0.6 is 0 Å². The summed E-state index contributed by atoms with van der Waals surface area (Å²) in [7, 11) is 0. The second-order valence-corrected chi connectivity index (χ2v) is 10.5. The van der Waals surface area contributed by atoms with E-state index in [0.29, 0.717) is 13.2 Å². The van der Waals surface area contributed by atoms with Crippen LogP contribution in [0.25, 0.3) is 12.2 Å². The predicted molar refractivity (Wildman–Crippen MR) is 151 cm³/mol. The van der Waals surface area contributed by atoms with Crippen molar-refractivity contribution < 1.29 is 23.7 Å². The lowest BCUT2D eigenvalue weighted by atomic mass is 10.1. The van der Waals surface area contributed by atoms with Gasteiger partial charge in [-0.25, -0.2) is 0 Å². The maximum absolute atomic E-state index is 13.3. The first-order chi connectivity index (χ1) is 18.6. The monoisotopic (exact) mass is 516 g/mol. The largest absolute Gasteiger partial charge is 0.490 e. The fourth-order valence-electron chi connectivity index (χ4n) is 5.71. The molecule has 0 radical (unpaired) electrons. The number of ether oxygens (including phenoxy) is 4. The summed E-state index contributed by atoms with van der Waals surface area (Å²) in [5.41, 5.74) is 3.58. The van der Waals surface area contributed by atoms with Crippen LogP contribution in [0.3, 0.4) is 0 Å². The highest BCUT2D eigenvalue weighted by Gasteiger charge is 2.24. The van der Waals surface area contributed by atoms with Crippen molar-refractivity contribution in [1.29, 1.82) is 0 Å². The van der Waals surface area contributed by atoms with Crippen LogP contribution < -0.4 is 18.9 Å². The number of carbonyl (C=O) groups is 1. The van der Waals surface area contributed by atoms with Crippen LogP contribution in [-0.2, 0) is 4.79 Å². The van der Waals surface area contributed by atoms with E-state index >= 15 is 0 Å². The second-order valence-electron chi connectivity index (χ2n) is 10.5. The standard InChI is InChI=1S/C33H40O5/c1-3-35-31-21-23(13-17-29(31)37-27-9-5-6-10-27)19-25-15-16-26(33(25)34)20-24-14-18-30(32(22-24)36-4-2)38-28-11-7-8-12-28/h13-14,17-22,27-28H,3-12,15-16H2,1-2H3/b25-19-,26-20+. The zero-order chi connectivity index (χ0) is 26.3. The first-order valence-electron chi connectivity index (χ1n) is 14.5. The lowest BCUT2D eigenvalue weighted by molar-refractivity contribution is -0.111. The Morgan fingerprint density at radius 3 is 1.47 bits per heavy atom. The summed E-state index contributed by atoms with van der Waals surface area (Å²) in [5, 5.41) is 0. The van der Waals surface area contributed by atoms with E-state index in [9.17, 15) is 4.79 Å². The number of hydrogen-bond acceptors (Lipinski definition) is 5. The van der Waals surface area contributed by atoms with Crippen molar-refractivity contribution >= 4 is 17.9 Å². The van der Waals surface area contributed by atoms with Crippen molar-refractivity contribution in [2.45, 2.75) is 90.3 Å². The van der Waals surface area contributed by atoms with E-state index in [-0.39, 0.29) is 18.0 Å². The summed E-state index contributed by atoms with van der Waals surface area (Å²) in [6.07, 6.45) is 15.3. The van der Waals surface area contributed by atoms with Crippen LogP contribution in [0.5, 0.6) is 23.0 Å². The molecular weight excluding hydrogens is 476 g/mol.